The van der Waals surface area contributed by atoms with E-state index in [2.05, 4.69) is 13.8 Å². The minimum Gasteiger partial charge on any atom is -0.465 e. The van der Waals surface area contributed by atoms with E-state index in [1.54, 1.807) is 0 Å². The second-order valence-electron chi connectivity index (χ2n) is 6.20. The average Bonchev–Trinajstić information content (AvgIpc) is 3.14. The fourth-order valence-corrected chi connectivity index (χ4v) is 3.10. The van der Waals surface area contributed by atoms with Gasteiger partial charge in [-0.3, -0.25) is 4.79 Å². The molecule has 3 heteroatoms. The van der Waals surface area contributed by atoms with Gasteiger partial charge < -0.3 is 9.47 Å². The molecule has 1 heterocycles. The third kappa shape index (κ3) is 4.48. The molecule has 1 aliphatic carbocycles. The molecule has 19 heavy (non-hydrogen) atoms. The van der Waals surface area contributed by atoms with Gasteiger partial charge in [0.05, 0.1) is 24.7 Å². The lowest BCUT2D eigenvalue weighted by Gasteiger charge is -2.24. The van der Waals surface area contributed by atoms with Crippen LogP contribution < -0.4 is 0 Å². The summed E-state index contributed by atoms with van der Waals surface area (Å²) in [5.74, 6) is 0.500. The Morgan fingerprint density at radius 1 is 1.11 bits per heavy atom. The van der Waals surface area contributed by atoms with Crippen molar-refractivity contribution in [3.8, 4) is 0 Å². The number of rotatable bonds is 8. The largest absolute Gasteiger partial charge is 0.465 e. The molecule has 0 aromatic carbocycles. The Morgan fingerprint density at radius 2 is 1.79 bits per heavy atom. The Morgan fingerprint density at radius 3 is 2.58 bits per heavy atom. The lowest BCUT2D eigenvalue weighted by molar-refractivity contribution is -0.151. The van der Waals surface area contributed by atoms with Crippen LogP contribution in [-0.2, 0) is 14.3 Å². The highest BCUT2D eigenvalue weighted by Gasteiger charge is 2.49. The van der Waals surface area contributed by atoms with Crippen molar-refractivity contribution in [1.82, 2.24) is 0 Å². The van der Waals surface area contributed by atoms with Crippen LogP contribution in [0.1, 0.15) is 65.2 Å². The van der Waals surface area contributed by atoms with Gasteiger partial charge >= 0.3 is 5.97 Å². The van der Waals surface area contributed by atoms with Crippen LogP contribution in [0.25, 0.3) is 0 Å². The van der Waals surface area contributed by atoms with Gasteiger partial charge in [-0.15, -0.1) is 0 Å². The van der Waals surface area contributed by atoms with Crippen molar-refractivity contribution < 1.29 is 14.3 Å². The maximum absolute atomic E-state index is 12.0. The van der Waals surface area contributed by atoms with Crippen LogP contribution in [-0.4, -0.2) is 24.8 Å². The van der Waals surface area contributed by atoms with Crippen LogP contribution in [0.4, 0.5) is 0 Å². The molecule has 0 aromatic rings. The Balaban J connectivity index is 1.54. The van der Waals surface area contributed by atoms with E-state index in [9.17, 15) is 4.79 Å². The minimum absolute atomic E-state index is 0.00927. The molecule has 2 rings (SSSR count). The summed E-state index contributed by atoms with van der Waals surface area (Å²) in [6.07, 6.45) is 10.1. The van der Waals surface area contributed by atoms with Crippen LogP contribution in [0.3, 0.4) is 0 Å². The molecular weight excluding hydrogens is 240 g/mol. The summed E-state index contributed by atoms with van der Waals surface area (Å²) < 4.78 is 10.9. The summed E-state index contributed by atoms with van der Waals surface area (Å²) in [7, 11) is 0. The lowest BCUT2D eigenvalue weighted by atomic mass is 9.80. The molecule has 4 atom stereocenters. The number of unbranched alkanes of at least 4 members (excludes halogenated alkanes) is 5. The predicted molar refractivity (Wildman–Crippen MR) is 74.9 cm³/mol. The van der Waals surface area contributed by atoms with Crippen LogP contribution in [0.2, 0.25) is 0 Å². The summed E-state index contributed by atoms with van der Waals surface area (Å²) in [5.41, 5.74) is 0. The van der Waals surface area contributed by atoms with Gasteiger partial charge in [-0.2, -0.15) is 0 Å². The zero-order chi connectivity index (χ0) is 13.7. The van der Waals surface area contributed by atoms with Crippen molar-refractivity contribution in [3.63, 3.8) is 0 Å². The molecule has 0 aromatic heterocycles. The summed E-state index contributed by atoms with van der Waals surface area (Å²) in [4.78, 5) is 12.0. The van der Waals surface area contributed by atoms with Gasteiger partial charge in [0, 0.05) is 0 Å². The first-order chi connectivity index (χ1) is 9.22. The number of hydrogen-bond acceptors (Lipinski definition) is 3. The Kier molecular flexibility index (Phi) is 5.68. The summed E-state index contributed by atoms with van der Waals surface area (Å²) in [6.45, 7) is 4.97. The van der Waals surface area contributed by atoms with Gasteiger partial charge in [-0.25, -0.2) is 0 Å². The van der Waals surface area contributed by atoms with Gasteiger partial charge in [-0.05, 0) is 25.2 Å². The molecule has 4 unspecified atom stereocenters. The van der Waals surface area contributed by atoms with Gasteiger partial charge in [-0.1, -0.05) is 46.0 Å². The van der Waals surface area contributed by atoms with Gasteiger partial charge in [0.25, 0.3) is 0 Å². The zero-order valence-corrected chi connectivity index (χ0v) is 12.4. The fraction of sp³-hybridized carbons (Fsp3) is 0.938. The predicted octanol–water partition coefficient (Wildman–Crippen LogP) is 3.70. The first-order valence-corrected chi connectivity index (χ1v) is 8.04. The summed E-state index contributed by atoms with van der Waals surface area (Å²) in [6, 6.07) is 0. The highest BCUT2D eigenvalue weighted by atomic mass is 16.6. The van der Waals surface area contributed by atoms with E-state index in [0.717, 1.165) is 19.3 Å². The normalized spacial score (nSPS) is 32.7. The molecule has 1 saturated carbocycles. The van der Waals surface area contributed by atoms with Crippen LogP contribution in [0, 0.1) is 11.8 Å². The van der Waals surface area contributed by atoms with Crippen LogP contribution >= 0.6 is 0 Å². The molecule has 1 saturated heterocycles. The maximum atomic E-state index is 12.0. The number of fused-ring (bicyclic) bond motifs is 1. The molecule has 3 nitrogen and oxygen atoms in total. The van der Waals surface area contributed by atoms with Crippen LogP contribution in [0.5, 0.6) is 0 Å². The van der Waals surface area contributed by atoms with Gasteiger partial charge in [0.1, 0.15) is 0 Å². The van der Waals surface area contributed by atoms with Crippen LogP contribution in [0.15, 0.2) is 0 Å². The average molecular weight is 268 g/mol. The lowest BCUT2D eigenvalue weighted by Crippen LogP contribution is -2.30. The first kappa shape index (κ1) is 14.8. The SMILES string of the molecule is CCCCCCCCOC(=O)C1CC2OC2CC1C. The third-order valence-electron chi connectivity index (χ3n) is 4.51. The smallest absolute Gasteiger partial charge is 0.309 e. The summed E-state index contributed by atoms with van der Waals surface area (Å²) in [5, 5.41) is 0. The molecule has 0 radical (unpaired) electrons. The highest BCUT2D eigenvalue weighted by Crippen LogP contribution is 2.43. The topological polar surface area (TPSA) is 38.8 Å². The zero-order valence-electron chi connectivity index (χ0n) is 12.4. The second kappa shape index (κ2) is 7.28. The Hall–Kier alpha value is -0.570. The highest BCUT2D eigenvalue weighted by molar-refractivity contribution is 5.73. The van der Waals surface area contributed by atoms with Crippen molar-refractivity contribution in [2.24, 2.45) is 11.8 Å². The molecule has 0 N–H and O–H groups in total. The number of carbonyl (C=O) groups excluding carboxylic acids is 1. The van der Waals surface area contributed by atoms with Crippen molar-refractivity contribution in [2.75, 3.05) is 6.61 Å². The van der Waals surface area contributed by atoms with E-state index in [1.807, 2.05) is 0 Å². The van der Waals surface area contributed by atoms with Crippen molar-refractivity contribution in [3.05, 3.63) is 0 Å². The fourth-order valence-electron chi connectivity index (χ4n) is 3.10. The molecule has 0 amide bonds. The first-order valence-electron chi connectivity index (χ1n) is 8.04. The monoisotopic (exact) mass is 268 g/mol. The number of ether oxygens (including phenoxy) is 2. The van der Waals surface area contributed by atoms with E-state index >= 15 is 0 Å². The second-order valence-corrected chi connectivity index (χ2v) is 6.20. The maximum Gasteiger partial charge on any atom is 0.309 e. The van der Waals surface area contributed by atoms with Crippen molar-refractivity contribution in [1.29, 1.82) is 0 Å². The van der Waals surface area contributed by atoms with Gasteiger partial charge in [0.15, 0.2) is 0 Å². The van der Waals surface area contributed by atoms with E-state index < -0.39 is 0 Å². The van der Waals surface area contributed by atoms with E-state index in [1.165, 1.54) is 32.1 Å². The Labute approximate surface area is 117 Å². The molecule has 110 valence electrons. The van der Waals surface area contributed by atoms with Crippen molar-refractivity contribution in [2.45, 2.75) is 77.4 Å². The molecule has 0 spiro atoms. The molecule has 1 aliphatic heterocycles. The molecular formula is C16H28O3. The Bertz CT molecular complexity index is 290. The van der Waals surface area contributed by atoms with E-state index in [-0.39, 0.29) is 11.9 Å². The standard InChI is InChI=1S/C16H28O3/c1-3-4-5-6-7-8-9-18-16(17)13-11-15-14(19-15)10-12(13)2/h12-15H,3-11H2,1-2H3. The number of esters is 1. The molecule has 2 fully saturated rings. The number of carbonyl (C=O) groups is 1. The molecule has 2 aliphatic rings. The molecule has 0 bridgehead atoms. The quantitative estimate of drug-likeness (QED) is 0.383. The van der Waals surface area contributed by atoms with E-state index in [4.69, 9.17) is 9.47 Å². The third-order valence-corrected chi connectivity index (χ3v) is 4.51. The summed E-state index contributed by atoms with van der Waals surface area (Å²) >= 11 is 0. The van der Waals surface area contributed by atoms with Crippen molar-refractivity contribution >= 4 is 5.97 Å². The minimum atomic E-state index is 0.00927. The number of hydrogen-bond donors (Lipinski definition) is 0. The number of epoxide rings is 1. The van der Waals surface area contributed by atoms with E-state index in [0.29, 0.717) is 24.7 Å². The van der Waals surface area contributed by atoms with Gasteiger partial charge in [0.2, 0.25) is 0 Å².